The normalized spacial score (nSPS) is 22.6. The molecule has 1 saturated carbocycles. The van der Waals surface area contributed by atoms with Crippen molar-refractivity contribution in [1.82, 2.24) is 0 Å². The highest BCUT2D eigenvalue weighted by molar-refractivity contribution is 5.29. The Balaban J connectivity index is 1.91. The highest BCUT2D eigenvalue weighted by Crippen LogP contribution is 2.43. The molecule has 154 valence electrons. The third kappa shape index (κ3) is 5.89. The molecule has 1 fully saturated rings. The Morgan fingerprint density at radius 2 is 1.48 bits per heavy atom. The van der Waals surface area contributed by atoms with E-state index in [1.54, 1.807) is 0 Å². The second-order valence-corrected chi connectivity index (χ2v) is 7.72. The summed E-state index contributed by atoms with van der Waals surface area (Å²) < 4.78 is 77.6. The maximum atomic E-state index is 13.7. The van der Waals surface area contributed by atoms with E-state index in [1.807, 2.05) is 0 Å². The lowest BCUT2D eigenvalue weighted by Gasteiger charge is -2.29. The van der Waals surface area contributed by atoms with Gasteiger partial charge < -0.3 is 0 Å². The van der Waals surface area contributed by atoms with Crippen molar-refractivity contribution in [2.24, 2.45) is 5.92 Å². The molecule has 0 radical (unpaired) electrons. The van der Waals surface area contributed by atoms with Crippen molar-refractivity contribution in [3.63, 3.8) is 0 Å². The van der Waals surface area contributed by atoms with Gasteiger partial charge in [0.25, 0.3) is 6.17 Å². The van der Waals surface area contributed by atoms with Crippen LogP contribution >= 0.6 is 0 Å². The number of alkyl halides is 6. The number of hydrogen-bond donors (Lipinski definition) is 0. The minimum Gasteiger partial charge on any atom is -0.230 e. The van der Waals surface area contributed by atoms with E-state index in [2.05, 4.69) is 6.92 Å². The molecule has 1 atom stereocenters. The van der Waals surface area contributed by atoms with Gasteiger partial charge in [0.1, 0.15) is 0 Å². The van der Waals surface area contributed by atoms with Crippen LogP contribution in [0.3, 0.4) is 0 Å². The third-order valence-corrected chi connectivity index (χ3v) is 5.69. The molecule has 0 aromatic heterocycles. The van der Waals surface area contributed by atoms with E-state index in [9.17, 15) is 26.3 Å². The Labute approximate surface area is 157 Å². The molecule has 1 aliphatic carbocycles. The van der Waals surface area contributed by atoms with Gasteiger partial charge >= 0.3 is 12.1 Å². The third-order valence-electron chi connectivity index (χ3n) is 5.69. The quantitative estimate of drug-likeness (QED) is 0.310. The topological polar surface area (TPSA) is 0 Å². The summed E-state index contributed by atoms with van der Waals surface area (Å²) in [7, 11) is 0. The molecule has 1 aromatic carbocycles. The number of benzene rings is 1. The van der Waals surface area contributed by atoms with Crippen LogP contribution in [-0.2, 0) is 5.92 Å². The predicted octanol–water partition coefficient (Wildman–Crippen LogP) is 7.92. The Kier molecular flexibility index (Phi) is 7.64. The molecular formula is C21H28F6. The molecule has 0 amide bonds. The fourth-order valence-electron chi connectivity index (χ4n) is 3.97. The van der Waals surface area contributed by atoms with Crippen molar-refractivity contribution < 1.29 is 26.3 Å². The lowest BCUT2D eigenvalue weighted by Crippen LogP contribution is -2.39. The molecule has 6 heteroatoms. The Bertz CT molecular complexity index is 555. The molecule has 0 nitrogen and oxygen atoms in total. The van der Waals surface area contributed by atoms with Crippen LogP contribution in [-0.4, -0.2) is 12.3 Å². The predicted molar refractivity (Wildman–Crippen MR) is 94.7 cm³/mol. The zero-order valence-corrected chi connectivity index (χ0v) is 15.7. The van der Waals surface area contributed by atoms with Gasteiger partial charge in [-0.15, -0.1) is 0 Å². The summed E-state index contributed by atoms with van der Waals surface area (Å²) in [5, 5.41) is 0. The van der Waals surface area contributed by atoms with Gasteiger partial charge in [0.05, 0.1) is 0 Å². The highest BCUT2D eigenvalue weighted by Gasteiger charge is 2.57. The van der Waals surface area contributed by atoms with Crippen molar-refractivity contribution in [3.8, 4) is 0 Å². The summed E-state index contributed by atoms with van der Waals surface area (Å²) in [4.78, 5) is 0. The fourth-order valence-corrected chi connectivity index (χ4v) is 3.97. The van der Waals surface area contributed by atoms with Gasteiger partial charge in [0.2, 0.25) is 0 Å². The zero-order chi connectivity index (χ0) is 20.1. The largest absolute Gasteiger partial charge is 0.426 e. The first-order chi connectivity index (χ1) is 12.7. The highest BCUT2D eigenvalue weighted by atomic mass is 19.4. The van der Waals surface area contributed by atoms with E-state index in [-0.39, 0.29) is 5.92 Å². The first-order valence-electron chi connectivity index (χ1n) is 9.85. The molecule has 2 rings (SSSR count). The van der Waals surface area contributed by atoms with Gasteiger partial charge in [-0.2, -0.15) is 22.0 Å². The van der Waals surface area contributed by atoms with Crippen LogP contribution in [0.25, 0.3) is 0 Å². The summed E-state index contributed by atoms with van der Waals surface area (Å²) in [5.41, 5.74) is -0.0814. The molecule has 0 aliphatic heterocycles. The molecule has 0 N–H and O–H groups in total. The van der Waals surface area contributed by atoms with Gasteiger partial charge in [-0.25, -0.2) is 4.39 Å². The number of hydrogen-bond acceptors (Lipinski definition) is 0. The second kappa shape index (κ2) is 9.33. The van der Waals surface area contributed by atoms with E-state index in [0.717, 1.165) is 43.4 Å². The molecule has 0 heterocycles. The molecule has 0 bridgehead atoms. The monoisotopic (exact) mass is 394 g/mol. The molecule has 1 unspecified atom stereocenters. The van der Waals surface area contributed by atoms with Crippen molar-refractivity contribution in [2.45, 2.75) is 88.9 Å². The number of halogens is 6. The molecule has 0 spiro atoms. The van der Waals surface area contributed by atoms with Crippen LogP contribution in [0.4, 0.5) is 26.3 Å². The zero-order valence-electron chi connectivity index (χ0n) is 15.7. The van der Waals surface area contributed by atoms with Crippen molar-refractivity contribution in [2.75, 3.05) is 0 Å². The smallest absolute Gasteiger partial charge is 0.230 e. The van der Waals surface area contributed by atoms with Crippen molar-refractivity contribution in [1.29, 1.82) is 0 Å². The maximum Gasteiger partial charge on any atom is 0.426 e. The fraction of sp³-hybridized carbons (Fsp3) is 0.714. The lowest BCUT2D eigenvalue weighted by molar-refractivity contribution is -0.248. The van der Waals surface area contributed by atoms with Gasteiger partial charge in [-0.1, -0.05) is 63.3 Å². The van der Waals surface area contributed by atoms with Crippen molar-refractivity contribution in [3.05, 3.63) is 35.4 Å². The first kappa shape index (κ1) is 22.1. The Morgan fingerprint density at radius 1 is 0.889 bits per heavy atom. The van der Waals surface area contributed by atoms with Crippen molar-refractivity contribution >= 4 is 0 Å². The Hall–Kier alpha value is -1.20. The van der Waals surface area contributed by atoms with E-state index in [1.165, 1.54) is 44.2 Å². The van der Waals surface area contributed by atoms with Crippen LogP contribution in [0, 0.1) is 5.92 Å². The molecule has 1 aliphatic rings. The van der Waals surface area contributed by atoms with Gasteiger partial charge in [0.15, 0.2) is 0 Å². The van der Waals surface area contributed by atoms with Gasteiger partial charge in [-0.05, 0) is 43.1 Å². The summed E-state index contributed by atoms with van der Waals surface area (Å²) >= 11 is 0. The SMILES string of the molecule is CCCCCCC1CCC(c2ccc(C(F)(F)C(F)C(F)(F)F)cc2)CC1. The maximum absolute atomic E-state index is 13.7. The van der Waals surface area contributed by atoms with E-state index in [0.29, 0.717) is 5.92 Å². The van der Waals surface area contributed by atoms with E-state index in [4.69, 9.17) is 0 Å². The molecular weight excluding hydrogens is 366 g/mol. The second-order valence-electron chi connectivity index (χ2n) is 7.72. The average molecular weight is 394 g/mol. The van der Waals surface area contributed by atoms with Crippen LogP contribution in [0.2, 0.25) is 0 Å². The van der Waals surface area contributed by atoms with Gasteiger partial charge in [-0.3, -0.25) is 0 Å². The molecule has 27 heavy (non-hydrogen) atoms. The Morgan fingerprint density at radius 3 is 2.00 bits per heavy atom. The van der Waals surface area contributed by atoms with E-state index < -0.39 is 23.8 Å². The molecule has 0 saturated heterocycles. The minimum atomic E-state index is -5.59. The lowest BCUT2D eigenvalue weighted by atomic mass is 9.77. The minimum absolute atomic E-state index is 0.239. The van der Waals surface area contributed by atoms with Crippen LogP contribution in [0.15, 0.2) is 24.3 Å². The van der Waals surface area contributed by atoms with Crippen LogP contribution < -0.4 is 0 Å². The summed E-state index contributed by atoms with van der Waals surface area (Å²) in [6, 6.07) is 4.73. The molecule has 1 aromatic rings. The average Bonchev–Trinajstić information content (AvgIpc) is 2.64. The summed E-state index contributed by atoms with van der Waals surface area (Å²) in [5.74, 6) is -3.63. The number of unbranched alkanes of at least 4 members (excludes halogenated alkanes) is 3. The number of rotatable bonds is 8. The first-order valence-corrected chi connectivity index (χ1v) is 9.85. The standard InChI is InChI=1S/C21H28F6/c1-2-3-4-5-6-15-7-9-16(10-8-15)17-11-13-18(14-12-17)20(23,24)19(22)21(25,26)27/h11-16,19H,2-10H2,1H3. The van der Waals surface area contributed by atoms with E-state index >= 15 is 0 Å². The summed E-state index contributed by atoms with van der Waals surface area (Å²) in [6.45, 7) is 2.18. The summed E-state index contributed by atoms with van der Waals surface area (Å²) in [6.07, 6.45) is 0.546. The van der Waals surface area contributed by atoms with Gasteiger partial charge in [0, 0.05) is 5.56 Å². The van der Waals surface area contributed by atoms with Crippen LogP contribution in [0.5, 0.6) is 0 Å². The van der Waals surface area contributed by atoms with Crippen LogP contribution in [0.1, 0.15) is 81.8 Å².